The summed E-state index contributed by atoms with van der Waals surface area (Å²) in [5.41, 5.74) is 0.899. The molecule has 0 aliphatic rings. The molecule has 0 fully saturated rings. The van der Waals surface area contributed by atoms with Crippen molar-refractivity contribution in [1.29, 1.82) is 0 Å². The average Bonchev–Trinajstić information content (AvgIpc) is 2.89. The summed E-state index contributed by atoms with van der Waals surface area (Å²) in [5.74, 6) is 0.561. The molecule has 0 radical (unpaired) electrons. The zero-order valence-electron chi connectivity index (χ0n) is 9.88. The molecular weight excluding hydrogens is 316 g/mol. The van der Waals surface area contributed by atoms with Crippen LogP contribution in [0.2, 0.25) is 0 Å². The van der Waals surface area contributed by atoms with Gasteiger partial charge < -0.3 is 9.84 Å². The van der Waals surface area contributed by atoms with E-state index in [0.717, 1.165) is 5.56 Å². The fourth-order valence-corrected chi connectivity index (χ4v) is 2.12. The van der Waals surface area contributed by atoms with Gasteiger partial charge in [0.1, 0.15) is 0 Å². The number of nitrogens with one attached hydrogen (secondary N) is 1. The molecule has 0 aliphatic carbocycles. The highest BCUT2D eigenvalue weighted by Crippen LogP contribution is 2.27. The third-order valence-corrected chi connectivity index (χ3v) is 3.41. The summed E-state index contributed by atoms with van der Waals surface area (Å²) in [6.45, 7) is 1.17. The van der Waals surface area contributed by atoms with Crippen molar-refractivity contribution in [3.05, 3.63) is 50.6 Å². The van der Waals surface area contributed by atoms with Gasteiger partial charge in [-0.2, -0.15) is 4.98 Å². The number of hydrogen-bond acceptors (Lipinski definition) is 6. The Morgan fingerprint density at radius 3 is 3.00 bits per heavy atom. The molecular formula is C11H11BrN4O3. The highest BCUT2D eigenvalue weighted by Gasteiger charge is 2.14. The van der Waals surface area contributed by atoms with E-state index in [1.54, 1.807) is 6.07 Å². The number of hydrogen-bond donors (Lipinski definition) is 1. The van der Waals surface area contributed by atoms with Crippen molar-refractivity contribution in [2.75, 3.05) is 6.54 Å². The van der Waals surface area contributed by atoms with Crippen LogP contribution in [-0.4, -0.2) is 21.6 Å². The predicted molar refractivity (Wildman–Crippen MR) is 70.5 cm³/mol. The van der Waals surface area contributed by atoms with Gasteiger partial charge in [-0.15, -0.1) is 0 Å². The van der Waals surface area contributed by atoms with E-state index in [9.17, 15) is 10.1 Å². The molecule has 1 aromatic carbocycles. The Morgan fingerprint density at radius 2 is 2.32 bits per heavy atom. The second-order valence-electron chi connectivity index (χ2n) is 3.77. The standard InChI is InChI=1S/C11H11BrN4O3/c12-11-8(2-1-3-9(11)16(17)18)6-13-5-4-10-14-7-15-19-10/h1-3,7,13H,4-6H2. The summed E-state index contributed by atoms with van der Waals surface area (Å²) < 4.78 is 5.37. The molecule has 0 unspecified atom stereocenters. The zero-order chi connectivity index (χ0) is 13.7. The largest absolute Gasteiger partial charge is 0.340 e. The van der Waals surface area contributed by atoms with Gasteiger partial charge in [-0.25, -0.2) is 0 Å². The minimum atomic E-state index is -0.411. The van der Waals surface area contributed by atoms with Crippen molar-refractivity contribution >= 4 is 21.6 Å². The van der Waals surface area contributed by atoms with Crippen LogP contribution >= 0.6 is 15.9 Å². The second-order valence-corrected chi connectivity index (χ2v) is 4.56. The Balaban J connectivity index is 1.89. The van der Waals surface area contributed by atoms with Gasteiger partial charge in [0, 0.05) is 25.6 Å². The van der Waals surface area contributed by atoms with Crippen molar-refractivity contribution in [1.82, 2.24) is 15.5 Å². The second kappa shape index (κ2) is 6.39. The van der Waals surface area contributed by atoms with Crippen LogP contribution in [0.4, 0.5) is 5.69 Å². The van der Waals surface area contributed by atoms with Gasteiger partial charge in [-0.3, -0.25) is 10.1 Å². The lowest BCUT2D eigenvalue weighted by molar-refractivity contribution is -0.385. The minimum Gasteiger partial charge on any atom is -0.340 e. The third-order valence-electron chi connectivity index (χ3n) is 2.49. The highest BCUT2D eigenvalue weighted by atomic mass is 79.9. The highest BCUT2D eigenvalue weighted by molar-refractivity contribution is 9.10. The molecule has 0 saturated carbocycles. The quantitative estimate of drug-likeness (QED) is 0.496. The molecule has 7 nitrogen and oxygen atoms in total. The van der Waals surface area contributed by atoms with E-state index in [-0.39, 0.29) is 5.69 Å². The first kappa shape index (κ1) is 13.6. The van der Waals surface area contributed by atoms with Crippen LogP contribution in [0.1, 0.15) is 11.5 Å². The van der Waals surface area contributed by atoms with E-state index < -0.39 is 4.92 Å². The fraction of sp³-hybridized carbons (Fsp3) is 0.273. The van der Waals surface area contributed by atoms with E-state index in [0.29, 0.717) is 29.9 Å². The summed E-state index contributed by atoms with van der Waals surface area (Å²) in [5, 5.41) is 17.5. The average molecular weight is 327 g/mol. The van der Waals surface area contributed by atoms with Crippen LogP contribution in [0.25, 0.3) is 0 Å². The molecule has 0 amide bonds. The van der Waals surface area contributed by atoms with Crippen molar-refractivity contribution < 1.29 is 9.45 Å². The monoisotopic (exact) mass is 326 g/mol. The Bertz CT molecular complexity index is 559. The van der Waals surface area contributed by atoms with Crippen LogP contribution in [0.15, 0.2) is 33.5 Å². The van der Waals surface area contributed by atoms with Gasteiger partial charge in [0.25, 0.3) is 5.69 Å². The molecule has 1 aromatic heterocycles. The number of benzene rings is 1. The summed E-state index contributed by atoms with van der Waals surface area (Å²) in [6, 6.07) is 4.96. The Hall–Kier alpha value is -1.80. The van der Waals surface area contributed by atoms with E-state index >= 15 is 0 Å². The van der Waals surface area contributed by atoms with Crippen molar-refractivity contribution in [2.45, 2.75) is 13.0 Å². The first-order valence-corrected chi connectivity index (χ1v) is 6.36. The van der Waals surface area contributed by atoms with Crippen LogP contribution < -0.4 is 5.32 Å². The maximum absolute atomic E-state index is 10.8. The van der Waals surface area contributed by atoms with Crippen molar-refractivity contribution in [2.24, 2.45) is 0 Å². The molecule has 19 heavy (non-hydrogen) atoms. The van der Waals surface area contributed by atoms with Gasteiger partial charge in [0.05, 0.1) is 9.40 Å². The van der Waals surface area contributed by atoms with Gasteiger partial charge in [0.2, 0.25) is 5.89 Å². The van der Waals surface area contributed by atoms with E-state index in [1.807, 2.05) is 6.07 Å². The summed E-state index contributed by atoms with van der Waals surface area (Å²) in [7, 11) is 0. The van der Waals surface area contributed by atoms with Gasteiger partial charge >= 0.3 is 0 Å². The molecule has 1 N–H and O–H groups in total. The van der Waals surface area contributed by atoms with Crippen LogP contribution in [0.3, 0.4) is 0 Å². The number of halogens is 1. The Morgan fingerprint density at radius 1 is 1.47 bits per heavy atom. The van der Waals surface area contributed by atoms with Gasteiger partial charge in [0.15, 0.2) is 6.33 Å². The summed E-state index contributed by atoms with van der Waals surface area (Å²) in [4.78, 5) is 14.3. The van der Waals surface area contributed by atoms with Crippen LogP contribution in [0.5, 0.6) is 0 Å². The van der Waals surface area contributed by atoms with Gasteiger partial charge in [-0.05, 0) is 21.5 Å². The van der Waals surface area contributed by atoms with E-state index in [2.05, 4.69) is 31.4 Å². The Kier molecular flexibility index (Phi) is 4.58. The smallest absolute Gasteiger partial charge is 0.283 e. The molecule has 2 aromatic rings. The maximum Gasteiger partial charge on any atom is 0.283 e. The molecule has 1 heterocycles. The van der Waals surface area contributed by atoms with Crippen LogP contribution in [0, 0.1) is 10.1 Å². The number of aromatic nitrogens is 2. The summed E-state index contributed by atoms with van der Waals surface area (Å²) >= 11 is 3.25. The summed E-state index contributed by atoms with van der Waals surface area (Å²) in [6.07, 6.45) is 1.97. The van der Waals surface area contributed by atoms with E-state index in [4.69, 9.17) is 4.52 Å². The molecule has 0 spiro atoms. The first-order chi connectivity index (χ1) is 9.18. The molecule has 8 heteroatoms. The predicted octanol–water partition coefficient (Wildman–Crippen LogP) is 2.07. The molecule has 0 saturated heterocycles. The zero-order valence-corrected chi connectivity index (χ0v) is 11.5. The topological polar surface area (TPSA) is 94.1 Å². The minimum absolute atomic E-state index is 0.0659. The molecule has 0 atom stereocenters. The van der Waals surface area contributed by atoms with Gasteiger partial charge in [-0.1, -0.05) is 17.3 Å². The Labute approximate surface area is 117 Å². The SMILES string of the molecule is O=[N+]([O-])c1cccc(CNCCc2ncno2)c1Br. The third kappa shape index (κ3) is 3.58. The lowest BCUT2D eigenvalue weighted by Crippen LogP contribution is -2.17. The van der Waals surface area contributed by atoms with Crippen LogP contribution in [-0.2, 0) is 13.0 Å². The van der Waals surface area contributed by atoms with Crippen molar-refractivity contribution in [3.63, 3.8) is 0 Å². The lowest BCUT2D eigenvalue weighted by atomic mass is 10.2. The number of nitro groups is 1. The number of nitrogens with zero attached hydrogens (tertiary/aromatic N) is 3. The van der Waals surface area contributed by atoms with E-state index in [1.165, 1.54) is 12.4 Å². The molecule has 0 bridgehead atoms. The molecule has 100 valence electrons. The number of rotatable bonds is 6. The van der Waals surface area contributed by atoms with Crippen molar-refractivity contribution in [3.8, 4) is 0 Å². The first-order valence-electron chi connectivity index (χ1n) is 5.56. The molecule has 0 aliphatic heterocycles. The normalized spacial score (nSPS) is 10.6. The maximum atomic E-state index is 10.8. The molecule has 2 rings (SSSR count). The number of nitro benzene ring substituents is 1. The lowest BCUT2D eigenvalue weighted by Gasteiger charge is -2.06. The fourth-order valence-electron chi connectivity index (χ4n) is 1.57.